The highest BCUT2D eigenvalue weighted by Gasteiger charge is 2.33. The first-order chi connectivity index (χ1) is 10.1. The second-order valence-corrected chi connectivity index (χ2v) is 6.17. The molecule has 0 bridgehead atoms. The Kier molecular flexibility index (Phi) is 3.63. The van der Waals surface area contributed by atoms with Crippen LogP contribution in [0.2, 0.25) is 0 Å². The van der Waals surface area contributed by atoms with Crippen LogP contribution in [0.5, 0.6) is 0 Å². The van der Waals surface area contributed by atoms with E-state index in [-0.39, 0.29) is 11.9 Å². The molecule has 0 spiro atoms. The fraction of sp³-hybridized carbons (Fsp3) is 0.400. The number of anilines is 2. The maximum Gasteiger partial charge on any atom is 0.272 e. The molecule has 0 aliphatic carbocycles. The molecule has 0 saturated carbocycles. The Labute approximate surface area is 127 Å². The molecule has 5 nitrogen and oxygen atoms in total. The van der Waals surface area contributed by atoms with Crippen molar-refractivity contribution in [3.8, 4) is 0 Å². The summed E-state index contributed by atoms with van der Waals surface area (Å²) in [5.41, 5.74) is 9.47. The van der Waals surface area contributed by atoms with Gasteiger partial charge in [-0.2, -0.15) is 0 Å². The van der Waals surface area contributed by atoms with Crippen LogP contribution in [0, 0.1) is 0 Å². The molecule has 1 aliphatic heterocycles. The Hall–Kier alpha value is -1.95. The highest BCUT2D eigenvalue weighted by Crippen LogP contribution is 2.35. The number of fused-ring (bicyclic) bond motifs is 1. The van der Waals surface area contributed by atoms with Gasteiger partial charge in [-0.25, -0.2) is 0 Å². The molecule has 1 amide bonds. The lowest BCUT2D eigenvalue weighted by atomic mass is 10.1. The molecule has 1 aliphatic rings. The maximum absolute atomic E-state index is 12.9. The number of benzene rings is 1. The predicted molar refractivity (Wildman–Crippen MR) is 84.7 cm³/mol. The molecule has 3 rings (SSSR count). The lowest BCUT2D eigenvalue weighted by Gasteiger charge is -2.22. The van der Waals surface area contributed by atoms with Crippen LogP contribution in [-0.2, 0) is 12.8 Å². The Bertz CT molecular complexity index is 682. The van der Waals surface area contributed by atoms with Crippen LogP contribution in [0.3, 0.4) is 0 Å². The summed E-state index contributed by atoms with van der Waals surface area (Å²) >= 11 is 1.19. The topological polar surface area (TPSA) is 72.1 Å². The third-order valence-corrected chi connectivity index (χ3v) is 4.53. The van der Waals surface area contributed by atoms with Crippen molar-refractivity contribution < 1.29 is 4.79 Å². The highest BCUT2D eigenvalue weighted by molar-refractivity contribution is 7.08. The van der Waals surface area contributed by atoms with Gasteiger partial charge in [0.15, 0.2) is 0 Å². The molecule has 110 valence electrons. The van der Waals surface area contributed by atoms with Gasteiger partial charge in [-0.05, 0) is 55.1 Å². The molecule has 0 saturated heterocycles. The van der Waals surface area contributed by atoms with E-state index in [9.17, 15) is 4.79 Å². The van der Waals surface area contributed by atoms with Gasteiger partial charge in [0, 0.05) is 17.4 Å². The van der Waals surface area contributed by atoms with E-state index < -0.39 is 0 Å². The first kappa shape index (κ1) is 14.0. The predicted octanol–water partition coefficient (Wildman–Crippen LogP) is 2.66. The van der Waals surface area contributed by atoms with Crippen LogP contribution in [0.15, 0.2) is 18.2 Å². The molecule has 1 unspecified atom stereocenters. The number of nitrogen functional groups attached to an aromatic ring is 1. The van der Waals surface area contributed by atoms with Crippen molar-refractivity contribution in [1.82, 2.24) is 9.59 Å². The van der Waals surface area contributed by atoms with E-state index in [0.29, 0.717) is 4.88 Å². The number of hydrogen-bond donors (Lipinski definition) is 1. The number of nitrogens with zero attached hydrogens (tertiary/aromatic N) is 3. The van der Waals surface area contributed by atoms with E-state index >= 15 is 0 Å². The SMILES string of the molecule is CCCc1nnsc1C(=O)N1c2ccc(N)cc2CC1C. The smallest absolute Gasteiger partial charge is 0.272 e. The van der Waals surface area contributed by atoms with E-state index in [1.165, 1.54) is 11.5 Å². The van der Waals surface area contributed by atoms with Crippen molar-refractivity contribution in [1.29, 1.82) is 0 Å². The Morgan fingerprint density at radius 2 is 2.33 bits per heavy atom. The van der Waals surface area contributed by atoms with Gasteiger partial charge in [0.2, 0.25) is 0 Å². The molecule has 1 aromatic heterocycles. The van der Waals surface area contributed by atoms with Crippen molar-refractivity contribution in [3.05, 3.63) is 34.3 Å². The second kappa shape index (κ2) is 5.44. The number of nitrogens with two attached hydrogens (primary N) is 1. The van der Waals surface area contributed by atoms with E-state index in [4.69, 9.17) is 5.73 Å². The molecule has 2 N–H and O–H groups in total. The summed E-state index contributed by atoms with van der Waals surface area (Å²) in [4.78, 5) is 15.4. The van der Waals surface area contributed by atoms with Crippen LogP contribution in [0.25, 0.3) is 0 Å². The monoisotopic (exact) mass is 302 g/mol. The maximum atomic E-state index is 12.9. The fourth-order valence-corrected chi connectivity index (χ4v) is 3.49. The molecule has 1 aromatic carbocycles. The summed E-state index contributed by atoms with van der Waals surface area (Å²) in [5, 5.41) is 4.09. The van der Waals surface area contributed by atoms with Gasteiger partial charge in [-0.15, -0.1) is 5.10 Å². The lowest BCUT2D eigenvalue weighted by Crippen LogP contribution is -2.35. The van der Waals surface area contributed by atoms with Crippen LogP contribution < -0.4 is 10.6 Å². The summed E-state index contributed by atoms with van der Waals surface area (Å²) < 4.78 is 3.95. The Morgan fingerprint density at radius 1 is 1.52 bits per heavy atom. The number of carbonyl (C=O) groups excluding carboxylic acids is 1. The molecular formula is C15H18N4OS. The Balaban J connectivity index is 1.97. The minimum absolute atomic E-state index is 0.00414. The van der Waals surface area contributed by atoms with Crippen molar-refractivity contribution in [2.75, 3.05) is 10.6 Å². The number of amides is 1. The fourth-order valence-electron chi connectivity index (χ4n) is 2.84. The van der Waals surface area contributed by atoms with Gasteiger partial charge >= 0.3 is 0 Å². The average molecular weight is 302 g/mol. The number of aryl methyl sites for hydroxylation is 1. The average Bonchev–Trinajstić information content (AvgIpc) is 3.01. The molecular weight excluding hydrogens is 284 g/mol. The molecule has 21 heavy (non-hydrogen) atoms. The van der Waals surface area contributed by atoms with E-state index in [1.807, 2.05) is 23.1 Å². The minimum Gasteiger partial charge on any atom is -0.399 e. The van der Waals surface area contributed by atoms with Crippen LogP contribution >= 0.6 is 11.5 Å². The van der Waals surface area contributed by atoms with Gasteiger partial charge in [-0.1, -0.05) is 17.8 Å². The molecule has 0 fully saturated rings. The van der Waals surface area contributed by atoms with Crippen molar-refractivity contribution in [2.45, 2.75) is 39.2 Å². The van der Waals surface area contributed by atoms with Crippen LogP contribution in [0.4, 0.5) is 11.4 Å². The van der Waals surface area contributed by atoms with Gasteiger partial charge in [0.05, 0.1) is 5.69 Å². The lowest BCUT2D eigenvalue weighted by molar-refractivity contribution is 0.0984. The molecule has 2 heterocycles. The van der Waals surface area contributed by atoms with Crippen molar-refractivity contribution >= 4 is 28.8 Å². The summed E-state index contributed by atoms with van der Waals surface area (Å²) in [6.45, 7) is 4.13. The number of aromatic nitrogens is 2. The van der Waals surface area contributed by atoms with Crippen molar-refractivity contribution in [2.24, 2.45) is 0 Å². The standard InChI is InChI=1S/C15H18N4OS/c1-3-4-12-14(21-18-17-12)15(20)19-9(2)7-10-8-11(16)5-6-13(10)19/h5-6,8-9H,3-4,7,16H2,1-2H3. The summed E-state index contributed by atoms with van der Waals surface area (Å²) in [5.74, 6) is 0.00414. The number of carbonyl (C=O) groups is 1. The van der Waals surface area contributed by atoms with Gasteiger partial charge in [-0.3, -0.25) is 4.79 Å². The van der Waals surface area contributed by atoms with Gasteiger partial charge in [0.1, 0.15) is 4.88 Å². The zero-order valence-electron chi connectivity index (χ0n) is 12.2. The second-order valence-electron chi connectivity index (χ2n) is 5.42. The van der Waals surface area contributed by atoms with Gasteiger partial charge < -0.3 is 10.6 Å². The highest BCUT2D eigenvalue weighted by atomic mass is 32.1. The van der Waals surface area contributed by atoms with Gasteiger partial charge in [0.25, 0.3) is 5.91 Å². The quantitative estimate of drug-likeness (QED) is 0.885. The third-order valence-electron chi connectivity index (χ3n) is 3.77. The van der Waals surface area contributed by atoms with E-state index in [0.717, 1.165) is 41.9 Å². The Morgan fingerprint density at radius 3 is 3.10 bits per heavy atom. The summed E-state index contributed by atoms with van der Waals surface area (Å²) in [7, 11) is 0. The zero-order valence-corrected chi connectivity index (χ0v) is 13.0. The molecule has 0 radical (unpaired) electrons. The van der Waals surface area contributed by atoms with Crippen molar-refractivity contribution in [3.63, 3.8) is 0 Å². The first-order valence-corrected chi connectivity index (χ1v) is 7.92. The molecule has 1 atom stereocenters. The van der Waals surface area contributed by atoms with Crippen LogP contribution in [0.1, 0.15) is 41.2 Å². The van der Waals surface area contributed by atoms with Crippen LogP contribution in [-0.4, -0.2) is 21.5 Å². The summed E-state index contributed by atoms with van der Waals surface area (Å²) in [6.07, 6.45) is 2.57. The summed E-state index contributed by atoms with van der Waals surface area (Å²) in [6, 6.07) is 5.86. The largest absolute Gasteiger partial charge is 0.399 e. The normalized spacial score (nSPS) is 17.0. The first-order valence-electron chi connectivity index (χ1n) is 7.15. The van der Waals surface area contributed by atoms with E-state index in [1.54, 1.807) is 0 Å². The third kappa shape index (κ3) is 2.40. The number of rotatable bonds is 3. The van der Waals surface area contributed by atoms with E-state index in [2.05, 4.69) is 23.4 Å². The molecule has 6 heteroatoms. The number of hydrogen-bond acceptors (Lipinski definition) is 5. The molecule has 2 aromatic rings. The minimum atomic E-state index is 0.00414. The zero-order chi connectivity index (χ0) is 15.0.